The number of carboxylic acid groups (broad SMARTS) is 1. The number of unbranched alkanes of at least 4 members (excludes halogenated alkanes) is 1. The van der Waals surface area contributed by atoms with Crippen molar-refractivity contribution in [1.29, 1.82) is 0 Å². The van der Waals surface area contributed by atoms with Crippen molar-refractivity contribution in [2.45, 2.75) is 122 Å². The second kappa shape index (κ2) is 17.2. The van der Waals surface area contributed by atoms with Crippen LogP contribution < -0.4 is 0 Å². The molecule has 4 heterocycles. The third-order valence-corrected chi connectivity index (χ3v) is 12.1. The van der Waals surface area contributed by atoms with E-state index in [1.54, 1.807) is 0 Å². The van der Waals surface area contributed by atoms with Gasteiger partial charge in [0, 0.05) is 69.1 Å². The molecule has 292 valence electrons. The number of amides is 2. The number of aromatic nitrogens is 2. The minimum atomic E-state index is -5.08. The first kappa shape index (κ1) is 40.4. The summed E-state index contributed by atoms with van der Waals surface area (Å²) in [5, 5.41) is 7.12. The van der Waals surface area contributed by atoms with Crippen molar-refractivity contribution in [3.05, 3.63) is 47.3 Å². The molecule has 53 heavy (non-hydrogen) atoms. The molecule has 3 saturated heterocycles. The first-order chi connectivity index (χ1) is 25.2. The summed E-state index contributed by atoms with van der Waals surface area (Å²) < 4.78 is 38.2. The van der Waals surface area contributed by atoms with E-state index in [4.69, 9.17) is 24.6 Å². The third-order valence-electron chi connectivity index (χ3n) is 12.1. The Hall–Kier alpha value is -3.74. The van der Waals surface area contributed by atoms with Crippen LogP contribution in [0.2, 0.25) is 0 Å². The van der Waals surface area contributed by atoms with Crippen molar-refractivity contribution in [3.8, 4) is 11.4 Å². The zero-order valence-electron chi connectivity index (χ0n) is 31.7. The smallest absolute Gasteiger partial charge is 0.475 e. The number of aliphatic carboxylic acids is 1. The molecule has 10 nitrogen and oxygen atoms in total. The number of carbonyl (C=O) groups is 3. The van der Waals surface area contributed by atoms with Gasteiger partial charge < -0.3 is 19.6 Å². The molecule has 1 unspecified atom stereocenters. The predicted octanol–water partition coefficient (Wildman–Crippen LogP) is 8.06. The molecule has 1 saturated carbocycles. The van der Waals surface area contributed by atoms with E-state index in [0.29, 0.717) is 23.2 Å². The zero-order valence-corrected chi connectivity index (χ0v) is 31.7. The average molecular weight is 744 g/mol. The minimum Gasteiger partial charge on any atom is -0.475 e. The van der Waals surface area contributed by atoms with E-state index < -0.39 is 12.1 Å². The van der Waals surface area contributed by atoms with E-state index in [-0.39, 0.29) is 23.1 Å². The number of carbonyl (C=O) groups excluding carboxylic acids is 2. The molecule has 4 fully saturated rings. The Bertz CT molecular complexity index is 1540. The molecule has 1 aromatic carbocycles. The van der Waals surface area contributed by atoms with Gasteiger partial charge in [-0.25, -0.2) is 19.6 Å². The predicted molar refractivity (Wildman–Crippen MR) is 195 cm³/mol. The van der Waals surface area contributed by atoms with Crippen molar-refractivity contribution >= 4 is 18.0 Å². The molecule has 1 N–H and O–H groups in total. The van der Waals surface area contributed by atoms with Gasteiger partial charge in [0.15, 0.2) is 5.82 Å². The molecule has 13 heteroatoms. The molecular weight excluding hydrogens is 687 g/mol. The van der Waals surface area contributed by atoms with Crippen LogP contribution in [0.15, 0.2) is 30.3 Å². The molecule has 6 rings (SSSR count). The van der Waals surface area contributed by atoms with E-state index >= 15 is 0 Å². The quantitative estimate of drug-likeness (QED) is 0.289. The minimum absolute atomic E-state index is 0.0285. The fourth-order valence-corrected chi connectivity index (χ4v) is 8.81. The molecule has 4 aliphatic rings. The van der Waals surface area contributed by atoms with Crippen molar-refractivity contribution in [3.63, 3.8) is 0 Å². The summed E-state index contributed by atoms with van der Waals surface area (Å²) in [5.74, 6) is -1.01. The Labute approximate surface area is 311 Å². The van der Waals surface area contributed by atoms with E-state index in [2.05, 4.69) is 23.6 Å². The number of ether oxygens (including phenoxy) is 1. The van der Waals surface area contributed by atoms with Crippen LogP contribution in [0.1, 0.15) is 113 Å². The number of benzene rings is 1. The molecule has 1 atom stereocenters. The number of aryl methyl sites for hydroxylation is 2. The Kier molecular flexibility index (Phi) is 13.1. The molecule has 1 spiro atoms. The molecule has 0 radical (unpaired) electrons. The lowest BCUT2D eigenvalue weighted by Gasteiger charge is -2.55. The van der Waals surface area contributed by atoms with E-state index in [1.165, 1.54) is 44.9 Å². The highest BCUT2D eigenvalue weighted by Crippen LogP contribution is 2.44. The third kappa shape index (κ3) is 9.69. The lowest BCUT2D eigenvalue weighted by atomic mass is 9.74. The lowest BCUT2D eigenvalue weighted by molar-refractivity contribution is -0.192. The van der Waals surface area contributed by atoms with Gasteiger partial charge in [-0.1, -0.05) is 69.4 Å². The van der Waals surface area contributed by atoms with Crippen LogP contribution in [0, 0.1) is 25.7 Å². The largest absolute Gasteiger partial charge is 0.490 e. The van der Waals surface area contributed by atoms with Crippen molar-refractivity contribution in [1.82, 2.24) is 24.7 Å². The van der Waals surface area contributed by atoms with Gasteiger partial charge in [-0.2, -0.15) is 13.2 Å². The Morgan fingerprint density at radius 3 is 2.08 bits per heavy atom. The Morgan fingerprint density at radius 2 is 1.53 bits per heavy atom. The molecule has 1 aliphatic carbocycles. The number of hydrogen-bond donors (Lipinski definition) is 1. The molecule has 3 aliphatic heterocycles. The van der Waals surface area contributed by atoms with Crippen LogP contribution >= 0.6 is 0 Å². The summed E-state index contributed by atoms with van der Waals surface area (Å²) in [4.78, 5) is 52.2. The summed E-state index contributed by atoms with van der Waals surface area (Å²) in [7, 11) is 0. The van der Waals surface area contributed by atoms with Crippen molar-refractivity contribution < 1.29 is 37.4 Å². The van der Waals surface area contributed by atoms with Gasteiger partial charge in [0.1, 0.15) is 5.60 Å². The highest BCUT2D eigenvalue weighted by Gasteiger charge is 2.52. The second-order valence-corrected chi connectivity index (χ2v) is 15.7. The number of rotatable bonds is 8. The van der Waals surface area contributed by atoms with E-state index in [0.717, 1.165) is 88.3 Å². The first-order valence-electron chi connectivity index (χ1n) is 19.4. The van der Waals surface area contributed by atoms with Gasteiger partial charge >= 0.3 is 18.2 Å². The number of carboxylic acids is 1. The highest BCUT2D eigenvalue weighted by molar-refractivity contribution is 5.96. The molecule has 2 amide bonds. The number of piperidine rings is 2. The molecular formula is C40H56F3N5O5. The summed E-state index contributed by atoms with van der Waals surface area (Å²) in [5.41, 5.74) is 2.77. The Morgan fingerprint density at radius 1 is 0.943 bits per heavy atom. The van der Waals surface area contributed by atoms with Gasteiger partial charge in [-0.15, -0.1) is 0 Å². The van der Waals surface area contributed by atoms with Gasteiger partial charge in [0.05, 0.1) is 17.0 Å². The van der Waals surface area contributed by atoms with Crippen LogP contribution in [-0.2, 0) is 9.53 Å². The van der Waals surface area contributed by atoms with Gasteiger partial charge in [-0.3, -0.25) is 9.69 Å². The molecule has 1 aromatic heterocycles. The fraction of sp³-hybridized carbons (Fsp3) is 0.675. The monoisotopic (exact) mass is 743 g/mol. The standard InChI is InChI=1S/C38H55N5O3.C2HF3O2/c1-5-6-17-32-27-42(26-30-13-9-7-10-14-30)36(45)46-38(32)20-24-43(25-21-38)37(4)18-22-41(23-19-37)35(44)33-28(2)39-34(40-29(33)3)31-15-11-8-12-16-31;3-2(4,5)1(6)7/h8,11-12,15-16,30,32H,5-7,9-10,13-14,17-27H2,1-4H3;(H,6,7). The summed E-state index contributed by atoms with van der Waals surface area (Å²) in [6.07, 6.45) is 8.45. The van der Waals surface area contributed by atoms with E-state index in [1.807, 2.05) is 49.1 Å². The van der Waals surface area contributed by atoms with Crippen LogP contribution in [0.5, 0.6) is 0 Å². The maximum atomic E-state index is 13.8. The maximum absolute atomic E-state index is 13.8. The van der Waals surface area contributed by atoms with Gasteiger partial charge in [0.25, 0.3) is 5.91 Å². The number of likely N-dealkylation sites (tertiary alicyclic amines) is 2. The zero-order chi connectivity index (χ0) is 38.4. The molecule has 2 aromatic rings. The Balaban J connectivity index is 0.000000705. The summed E-state index contributed by atoms with van der Waals surface area (Å²) in [6.45, 7) is 13.5. The van der Waals surface area contributed by atoms with E-state index in [9.17, 15) is 22.8 Å². The topological polar surface area (TPSA) is 116 Å². The SMILES string of the molecule is CCCCC1CN(CC2CCCCC2)C(=O)OC12CCN(C1(C)CCN(C(=O)c3c(C)nc(-c4ccccc4)nc3C)CC1)CC2.O=C(O)C(F)(F)F. The maximum Gasteiger partial charge on any atom is 0.490 e. The highest BCUT2D eigenvalue weighted by atomic mass is 19.4. The summed E-state index contributed by atoms with van der Waals surface area (Å²) in [6, 6.07) is 9.94. The van der Waals surface area contributed by atoms with Crippen LogP contribution in [0.3, 0.4) is 0 Å². The molecule has 0 bridgehead atoms. The lowest BCUT2D eigenvalue weighted by Crippen LogP contribution is -2.63. The van der Waals surface area contributed by atoms with Gasteiger partial charge in [-0.05, 0) is 58.8 Å². The second-order valence-electron chi connectivity index (χ2n) is 15.7. The van der Waals surface area contributed by atoms with Crippen molar-refractivity contribution in [2.75, 3.05) is 39.3 Å². The normalized spacial score (nSPS) is 22.2. The first-order valence-corrected chi connectivity index (χ1v) is 19.4. The average Bonchev–Trinajstić information content (AvgIpc) is 3.13. The van der Waals surface area contributed by atoms with Crippen LogP contribution in [0.4, 0.5) is 18.0 Å². The van der Waals surface area contributed by atoms with Gasteiger partial charge in [0.2, 0.25) is 0 Å². The number of nitrogens with zero attached hydrogens (tertiary/aromatic N) is 5. The summed E-state index contributed by atoms with van der Waals surface area (Å²) >= 11 is 0. The number of halogens is 3. The fourth-order valence-electron chi connectivity index (χ4n) is 8.81. The van der Waals surface area contributed by atoms with Crippen LogP contribution in [-0.4, -0.2) is 104 Å². The van der Waals surface area contributed by atoms with Crippen molar-refractivity contribution in [2.24, 2.45) is 11.8 Å². The number of hydrogen-bond acceptors (Lipinski definition) is 7. The van der Waals surface area contributed by atoms with Crippen LogP contribution in [0.25, 0.3) is 11.4 Å². The number of alkyl halides is 3.